The summed E-state index contributed by atoms with van der Waals surface area (Å²) in [5.41, 5.74) is 9.14. The molecule has 4 rings (SSSR count). The van der Waals surface area contributed by atoms with Gasteiger partial charge >= 0.3 is 0 Å². The molecule has 0 aliphatic heterocycles. The molecule has 0 bridgehead atoms. The summed E-state index contributed by atoms with van der Waals surface area (Å²) in [5, 5.41) is 10.9. The first-order chi connectivity index (χ1) is 13.1. The molecule has 132 valence electrons. The van der Waals surface area contributed by atoms with Gasteiger partial charge in [0.05, 0.1) is 16.8 Å². The predicted octanol–water partition coefficient (Wildman–Crippen LogP) is 2.98. The van der Waals surface area contributed by atoms with Crippen molar-refractivity contribution >= 4 is 28.4 Å². The van der Waals surface area contributed by atoms with Crippen molar-refractivity contribution < 1.29 is 9.59 Å². The maximum absolute atomic E-state index is 12.3. The fraction of sp³-hybridized carbons (Fsp3) is 0. The van der Waals surface area contributed by atoms with Crippen molar-refractivity contribution in [1.29, 1.82) is 0 Å². The molecule has 0 aliphatic rings. The van der Waals surface area contributed by atoms with E-state index in [1.165, 1.54) is 6.20 Å². The van der Waals surface area contributed by atoms with Crippen LogP contribution in [0, 0.1) is 0 Å². The van der Waals surface area contributed by atoms with Crippen molar-refractivity contribution in [3.8, 4) is 11.3 Å². The lowest BCUT2D eigenvalue weighted by Gasteiger charge is -2.07. The topological polar surface area (TPSA) is 114 Å². The largest absolute Gasteiger partial charge is 0.366 e. The van der Waals surface area contributed by atoms with Crippen molar-refractivity contribution in [1.82, 2.24) is 15.2 Å². The van der Waals surface area contributed by atoms with Gasteiger partial charge in [-0.2, -0.15) is 5.10 Å². The smallest absolute Gasteiger partial charge is 0.257 e. The molecule has 4 N–H and O–H groups in total. The van der Waals surface area contributed by atoms with E-state index in [-0.39, 0.29) is 5.91 Å². The molecule has 0 spiro atoms. The third kappa shape index (κ3) is 3.25. The number of nitrogens with zero attached hydrogens (tertiary/aromatic N) is 2. The van der Waals surface area contributed by atoms with Crippen molar-refractivity contribution in [2.45, 2.75) is 0 Å². The number of aromatic nitrogens is 3. The predicted molar refractivity (Wildman–Crippen MR) is 102 cm³/mol. The molecule has 0 fully saturated rings. The standard InChI is InChI=1S/C20H15N5O2/c21-19(26)13-6-7-17-16(10-13)18(25-24-17)12-3-1-5-15(9-12)23-20(27)14-4-2-8-22-11-14/h1-11H,(H2,21,26)(H,23,27)(H,24,25). The van der Waals surface area contributed by atoms with Crippen LogP contribution in [0.1, 0.15) is 20.7 Å². The Balaban J connectivity index is 1.68. The number of carbonyl (C=O) groups is 2. The van der Waals surface area contributed by atoms with Gasteiger partial charge < -0.3 is 11.1 Å². The lowest BCUT2D eigenvalue weighted by atomic mass is 10.0. The second-order valence-electron chi connectivity index (χ2n) is 5.97. The molecule has 0 unspecified atom stereocenters. The lowest BCUT2D eigenvalue weighted by Crippen LogP contribution is -2.11. The molecular formula is C20H15N5O2. The van der Waals surface area contributed by atoms with Gasteiger partial charge in [-0.3, -0.25) is 19.7 Å². The van der Waals surface area contributed by atoms with Crippen LogP contribution in [0.5, 0.6) is 0 Å². The lowest BCUT2D eigenvalue weighted by molar-refractivity contribution is 0.0997. The van der Waals surface area contributed by atoms with E-state index in [1.807, 2.05) is 18.2 Å². The van der Waals surface area contributed by atoms with E-state index in [9.17, 15) is 9.59 Å². The number of benzene rings is 2. The SMILES string of the molecule is NC(=O)c1ccc2[nH]nc(-c3cccc(NC(=O)c4cccnc4)c3)c2c1. The Morgan fingerprint density at radius 2 is 1.89 bits per heavy atom. The quantitative estimate of drug-likeness (QED) is 0.521. The molecule has 0 saturated heterocycles. The summed E-state index contributed by atoms with van der Waals surface area (Å²) < 4.78 is 0. The zero-order valence-electron chi connectivity index (χ0n) is 14.1. The van der Waals surface area contributed by atoms with Crippen LogP contribution in [0.4, 0.5) is 5.69 Å². The fourth-order valence-electron chi connectivity index (χ4n) is 2.83. The second-order valence-corrected chi connectivity index (χ2v) is 5.97. The number of carbonyl (C=O) groups excluding carboxylic acids is 2. The van der Waals surface area contributed by atoms with Gasteiger partial charge in [0.25, 0.3) is 5.91 Å². The summed E-state index contributed by atoms with van der Waals surface area (Å²) in [7, 11) is 0. The summed E-state index contributed by atoms with van der Waals surface area (Å²) in [5.74, 6) is -0.746. The zero-order chi connectivity index (χ0) is 18.8. The number of nitrogens with two attached hydrogens (primary N) is 1. The van der Waals surface area contributed by atoms with E-state index in [0.29, 0.717) is 22.5 Å². The van der Waals surface area contributed by atoms with Crippen molar-refractivity contribution in [2.75, 3.05) is 5.32 Å². The molecule has 0 atom stereocenters. The van der Waals surface area contributed by atoms with E-state index in [2.05, 4.69) is 20.5 Å². The van der Waals surface area contributed by atoms with E-state index >= 15 is 0 Å². The molecule has 4 aromatic rings. The number of nitrogens with one attached hydrogen (secondary N) is 2. The highest BCUT2D eigenvalue weighted by Gasteiger charge is 2.12. The van der Waals surface area contributed by atoms with Crippen molar-refractivity contribution in [3.63, 3.8) is 0 Å². The molecular weight excluding hydrogens is 342 g/mol. The zero-order valence-corrected chi connectivity index (χ0v) is 14.1. The second kappa shape index (κ2) is 6.72. The van der Waals surface area contributed by atoms with Gasteiger partial charge in [-0.05, 0) is 42.5 Å². The van der Waals surface area contributed by atoms with Crippen LogP contribution in [-0.4, -0.2) is 27.0 Å². The molecule has 0 aliphatic carbocycles. The van der Waals surface area contributed by atoms with Gasteiger partial charge in [0, 0.05) is 34.6 Å². The summed E-state index contributed by atoms with van der Waals surface area (Å²) >= 11 is 0. The number of rotatable bonds is 4. The van der Waals surface area contributed by atoms with Gasteiger partial charge in [0.15, 0.2) is 0 Å². The average Bonchev–Trinajstić information content (AvgIpc) is 3.12. The Kier molecular flexibility index (Phi) is 4.10. The number of H-pyrrole nitrogens is 1. The monoisotopic (exact) mass is 357 g/mol. The Morgan fingerprint density at radius 1 is 1.00 bits per heavy atom. The van der Waals surface area contributed by atoms with Crippen LogP contribution in [0.25, 0.3) is 22.2 Å². The van der Waals surface area contributed by atoms with Crippen molar-refractivity contribution in [3.05, 3.63) is 78.1 Å². The average molecular weight is 357 g/mol. The Hall–Kier alpha value is -4.00. The Bertz CT molecular complexity index is 1150. The molecule has 0 saturated carbocycles. The van der Waals surface area contributed by atoms with Gasteiger partial charge in [-0.25, -0.2) is 0 Å². The Morgan fingerprint density at radius 3 is 2.67 bits per heavy atom. The highest BCUT2D eigenvalue weighted by Crippen LogP contribution is 2.28. The molecule has 2 aromatic heterocycles. The molecule has 2 heterocycles. The summed E-state index contributed by atoms with van der Waals surface area (Å²) in [6.45, 7) is 0. The van der Waals surface area contributed by atoms with Gasteiger partial charge in [-0.15, -0.1) is 0 Å². The molecule has 0 radical (unpaired) electrons. The maximum Gasteiger partial charge on any atom is 0.257 e. The number of primary amides is 1. The number of aromatic amines is 1. The van der Waals surface area contributed by atoms with Crippen LogP contribution in [0.3, 0.4) is 0 Å². The molecule has 2 amide bonds. The number of pyridine rings is 1. The van der Waals surface area contributed by atoms with E-state index in [1.54, 1.807) is 42.6 Å². The van der Waals surface area contributed by atoms with Crippen LogP contribution in [0.15, 0.2) is 67.0 Å². The molecule has 2 aromatic carbocycles. The van der Waals surface area contributed by atoms with Gasteiger partial charge in [0.2, 0.25) is 5.91 Å². The van der Waals surface area contributed by atoms with Gasteiger partial charge in [0.1, 0.15) is 0 Å². The van der Waals surface area contributed by atoms with Gasteiger partial charge in [-0.1, -0.05) is 12.1 Å². The maximum atomic E-state index is 12.3. The summed E-state index contributed by atoms with van der Waals surface area (Å²) in [6.07, 6.45) is 3.12. The van der Waals surface area contributed by atoms with Crippen LogP contribution in [0.2, 0.25) is 0 Å². The number of fused-ring (bicyclic) bond motifs is 1. The minimum absolute atomic E-state index is 0.247. The third-order valence-electron chi connectivity index (χ3n) is 4.16. The number of hydrogen-bond donors (Lipinski definition) is 3. The first-order valence-corrected chi connectivity index (χ1v) is 8.21. The summed E-state index contributed by atoms with van der Waals surface area (Å²) in [6, 6.07) is 15.8. The first-order valence-electron chi connectivity index (χ1n) is 8.21. The van der Waals surface area contributed by atoms with E-state index in [4.69, 9.17) is 5.73 Å². The van der Waals surface area contributed by atoms with Crippen LogP contribution in [-0.2, 0) is 0 Å². The minimum atomic E-state index is -0.499. The summed E-state index contributed by atoms with van der Waals surface area (Å²) in [4.78, 5) is 27.7. The Labute approximate surface area is 154 Å². The van der Waals surface area contributed by atoms with Crippen molar-refractivity contribution in [2.24, 2.45) is 5.73 Å². The molecule has 27 heavy (non-hydrogen) atoms. The highest BCUT2D eigenvalue weighted by molar-refractivity contribution is 6.05. The number of amides is 2. The molecule has 7 heteroatoms. The van der Waals surface area contributed by atoms with Crippen LogP contribution >= 0.6 is 0 Å². The molecule has 7 nitrogen and oxygen atoms in total. The number of anilines is 1. The number of hydrogen-bond acceptors (Lipinski definition) is 4. The minimum Gasteiger partial charge on any atom is -0.366 e. The first kappa shape index (κ1) is 16.5. The third-order valence-corrected chi connectivity index (χ3v) is 4.16. The van der Waals surface area contributed by atoms with E-state index in [0.717, 1.165) is 16.5 Å². The highest BCUT2D eigenvalue weighted by atomic mass is 16.2. The van der Waals surface area contributed by atoms with Crippen LogP contribution < -0.4 is 11.1 Å². The fourth-order valence-corrected chi connectivity index (χ4v) is 2.83. The van der Waals surface area contributed by atoms with E-state index < -0.39 is 5.91 Å². The normalized spacial score (nSPS) is 10.7.